The number of para-hydroxylation sites is 1. The first-order chi connectivity index (χ1) is 16.4. The lowest BCUT2D eigenvalue weighted by atomic mass is 10.2. The molecule has 2 amide bonds. The van der Waals surface area contributed by atoms with E-state index in [1.165, 1.54) is 37.1 Å². The normalized spacial score (nSPS) is 16.6. The topological polar surface area (TPSA) is 123 Å². The average Bonchev–Trinajstić information content (AvgIpc) is 3.11. The van der Waals surface area contributed by atoms with E-state index >= 15 is 0 Å². The van der Waals surface area contributed by atoms with Gasteiger partial charge in [0.1, 0.15) is 11.0 Å². The number of nitrogens with zero attached hydrogens (tertiary/aromatic N) is 3. The van der Waals surface area contributed by atoms with Gasteiger partial charge in [0, 0.05) is 32.2 Å². The van der Waals surface area contributed by atoms with Gasteiger partial charge in [-0.15, -0.1) is 0 Å². The Hall–Kier alpha value is -3.44. The monoisotopic (exact) mass is 486 g/mol. The highest BCUT2D eigenvalue weighted by molar-refractivity contribution is 8.15. The zero-order valence-corrected chi connectivity index (χ0v) is 19.7. The van der Waals surface area contributed by atoms with Crippen LogP contribution in [0.4, 0.5) is 17.1 Å². The molecule has 0 radical (unpaired) electrons. The number of nitro benzene ring substituents is 1. The number of carbonyl (C=O) groups excluding carboxylic acids is 2. The van der Waals surface area contributed by atoms with Gasteiger partial charge in [-0.3, -0.25) is 24.6 Å². The van der Waals surface area contributed by atoms with Crippen LogP contribution in [0.5, 0.6) is 5.75 Å². The molecule has 10 nitrogen and oxygen atoms in total. The van der Waals surface area contributed by atoms with Gasteiger partial charge in [0.05, 0.1) is 29.5 Å². The predicted octanol–water partition coefficient (Wildman–Crippen LogP) is 3.99. The Morgan fingerprint density at radius 3 is 2.71 bits per heavy atom. The van der Waals surface area contributed by atoms with E-state index in [4.69, 9.17) is 9.47 Å². The summed E-state index contributed by atoms with van der Waals surface area (Å²) in [5.74, 6) is -0.438. The summed E-state index contributed by atoms with van der Waals surface area (Å²) in [5, 5.41) is 13.6. The Morgan fingerprint density at radius 1 is 1.26 bits per heavy atom. The van der Waals surface area contributed by atoms with Gasteiger partial charge < -0.3 is 14.8 Å². The van der Waals surface area contributed by atoms with Crippen LogP contribution < -0.4 is 10.1 Å². The third-order valence-corrected chi connectivity index (χ3v) is 6.09. The lowest BCUT2D eigenvalue weighted by Gasteiger charge is -2.16. The van der Waals surface area contributed by atoms with E-state index in [0.717, 1.165) is 0 Å². The van der Waals surface area contributed by atoms with Gasteiger partial charge >= 0.3 is 0 Å². The molecule has 1 N–H and O–H groups in total. The molecule has 1 saturated heterocycles. The van der Waals surface area contributed by atoms with Gasteiger partial charge in [0.2, 0.25) is 11.8 Å². The minimum absolute atomic E-state index is 0.0839. The largest absolute Gasteiger partial charge is 0.494 e. The Morgan fingerprint density at radius 2 is 2.03 bits per heavy atom. The fourth-order valence-electron chi connectivity index (χ4n) is 3.28. The lowest BCUT2D eigenvalue weighted by molar-refractivity contribution is -0.384. The van der Waals surface area contributed by atoms with Crippen molar-refractivity contribution in [3.05, 3.63) is 58.6 Å². The van der Waals surface area contributed by atoms with Crippen molar-refractivity contribution < 1.29 is 24.0 Å². The van der Waals surface area contributed by atoms with Crippen molar-refractivity contribution in [3.63, 3.8) is 0 Å². The number of hydrogen-bond donors (Lipinski definition) is 1. The Kier molecular flexibility index (Phi) is 9.00. The summed E-state index contributed by atoms with van der Waals surface area (Å²) in [6.07, 6.45) is 0.562. The maximum Gasteiger partial charge on any atom is 0.273 e. The summed E-state index contributed by atoms with van der Waals surface area (Å²) < 4.78 is 10.5. The first kappa shape index (κ1) is 25.2. The highest BCUT2D eigenvalue weighted by Crippen LogP contribution is 2.33. The van der Waals surface area contributed by atoms with E-state index in [0.29, 0.717) is 42.7 Å². The fourth-order valence-corrected chi connectivity index (χ4v) is 4.46. The molecule has 0 saturated carbocycles. The number of amidine groups is 1. The summed E-state index contributed by atoms with van der Waals surface area (Å²) >= 11 is 1.24. The number of nitro groups is 1. The number of rotatable bonds is 11. The first-order valence-electron chi connectivity index (χ1n) is 10.7. The quantitative estimate of drug-likeness (QED) is 0.289. The third-order valence-electron chi connectivity index (χ3n) is 4.92. The summed E-state index contributed by atoms with van der Waals surface area (Å²) in [6, 6.07) is 13.2. The van der Waals surface area contributed by atoms with Crippen LogP contribution in [0.3, 0.4) is 0 Å². The van der Waals surface area contributed by atoms with Crippen LogP contribution in [0.15, 0.2) is 53.5 Å². The average molecular weight is 487 g/mol. The molecule has 1 heterocycles. The Bertz CT molecular complexity index is 1060. The number of methoxy groups -OCH3 is 1. The number of benzene rings is 2. The summed E-state index contributed by atoms with van der Waals surface area (Å²) in [7, 11) is 1.36. The van der Waals surface area contributed by atoms with Crippen LogP contribution >= 0.6 is 11.8 Å². The molecule has 2 aromatic rings. The van der Waals surface area contributed by atoms with Crippen LogP contribution in [-0.2, 0) is 14.3 Å². The summed E-state index contributed by atoms with van der Waals surface area (Å²) in [5.41, 5.74) is 0.856. The second kappa shape index (κ2) is 12.1. The molecular weight excluding hydrogens is 460 g/mol. The molecule has 1 fully saturated rings. The molecule has 11 heteroatoms. The number of amides is 2. The highest BCUT2D eigenvalue weighted by Gasteiger charge is 2.39. The van der Waals surface area contributed by atoms with Crippen LogP contribution in [0.1, 0.15) is 19.8 Å². The molecule has 2 aromatic carbocycles. The summed E-state index contributed by atoms with van der Waals surface area (Å²) in [6.45, 7) is 3.47. The standard InChI is InChI=1S/C23H26N4O6S/c1-3-33-13-7-12-26-22(29)20(34-23(26)24-16-8-5-4-6-9-16)15-21(28)25-18-11-10-17(27(30)31)14-19(18)32-2/h4-6,8-11,14,20H,3,7,12-13,15H2,1-2H3,(H,25,28). The van der Waals surface area contributed by atoms with Gasteiger partial charge in [-0.1, -0.05) is 30.0 Å². The predicted molar refractivity (Wildman–Crippen MR) is 131 cm³/mol. The second-order valence-electron chi connectivity index (χ2n) is 7.27. The van der Waals surface area contributed by atoms with Crippen molar-refractivity contribution in [2.24, 2.45) is 4.99 Å². The van der Waals surface area contributed by atoms with Crippen molar-refractivity contribution in [2.75, 3.05) is 32.2 Å². The zero-order chi connectivity index (χ0) is 24.5. The number of hydrogen-bond acceptors (Lipinski definition) is 8. The molecule has 1 aliphatic rings. The molecule has 180 valence electrons. The number of ether oxygens (including phenoxy) is 2. The molecule has 1 atom stereocenters. The van der Waals surface area contributed by atoms with E-state index in [1.807, 2.05) is 37.3 Å². The number of anilines is 1. The molecular formula is C23H26N4O6S. The van der Waals surface area contributed by atoms with Crippen molar-refractivity contribution in [3.8, 4) is 5.75 Å². The van der Waals surface area contributed by atoms with Crippen molar-refractivity contribution >= 4 is 45.8 Å². The molecule has 1 aliphatic heterocycles. The van der Waals surface area contributed by atoms with Crippen LogP contribution in [-0.4, -0.2) is 58.9 Å². The molecule has 0 bridgehead atoms. The number of thioether (sulfide) groups is 1. The van der Waals surface area contributed by atoms with Gasteiger partial charge in [-0.2, -0.15) is 0 Å². The maximum absolute atomic E-state index is 13.1. The third kappa shape index (κ3) is 6.55. The fraction of sp³-hybridized carbons (Fsp3) is 0.348. The maximum atomic E-state index is 13.1. The van der Waals surface area contributed by atoms with E-state index < -0.39 is 16.1 Å². The van der Waals surface area contributed by atoms with E-state index in [9.17, 15) is 19.7 Å². The molecule has 34 heavy (non-hydrogen) atoms. The van der Waals surface area contributed by atoms with Crippen molar-refractivity contribution in [2.45, 2.75) is 25.0 Å². The number of nitrogens with one attached hydrogen (secondary N) is 1. The minimum Gasteiger partial charge on any atom is -0.494 e. The van der Waals surface area contributed by atoms with Crippen LogP contribution in [0, 0.1) is 10.1 Å². The van der Waals surface area contributed by atoms with Gasteiger partial charge in [0.15, 0.2) is 5.17 Å². The molecule has 0 aliphatic carbocycles. The lowest BCUT2D eigenvalue weighted by Crippen LogP contribution is -2.34. The van der Waals surface area contributed by atoms with E-state index in [1.54, 1.807) is 4.90 Å². The number of aliphatic imine (C=N–C) groups is 1. The van der Waals surface area contributed by atoms with E-state index in [-0.39, 0.29) is 23.8 Å². The van der Waals surface area contributed by atoms with E-state index in [2.05, 4.69) is 10.3 Å². The minimum atomic E-state index is -0.640. The Labute approximate surface area is 201 Å². The van der Waals surface area contributed by atoms with Gasteiger partial charge in [-0.05, 0) is 31.5 Å². The molecule has 3 rings (SSSR count). The van der Waals surface area contributed by atoms with Crippen LogP contribution in [0.25, 0.3) is 0 Å². The van der Waals surface area contributed by atoms with Gasteiger partial charge in [0.25, 0.3) is 5.69 Å². The van der Waals surface area contributed by atoms with Crippen molar-refractivity contribution in [1.29, 1.82) is 0 Å². The molecule has 0 aromatic heterocycles. The smallest absolute Gasteiger partial charge is 0.273 e. The summed E-state index contributed by atoms with van der Waals surface area (Å²) in [4.78, 5) is 42.5. The number of carbonyl (C=O) groups is 2. The number of non-ortho nitro benzene ring substituents is 1. The Balaban J connectivity index is 1.72. The van der Waals surface area contributed by atoms with Gasteiger partial charge in [-0.25, -0.2) is 4.99 Å². The molecule has 1 unspecified atom stereocenters. The molecule has 0 spiro atoms. The highest BCUT2D eigenvalue weighted by atomic mass is 32.2. The zero-order valence-electron chi connectivity index (χ0n) is 18.9. The SMILES string of the molecule is CCOCCCN1C(=O)C(CC(=O)Nc2ccc([N+](=O)[O-])cc2OC)SC1=Nc1ccccc1. The first-order valence-corrected chi connectivity index (χ1v) is 11.6. The van der Waals surface area contributed by atoms with Crippen LogP contribution in [0.2, 0.25) is 0 Å². The van der Waals surface area contributed by atoms with Crippen molar-refractivity contribution in [1.82, 2.24) is 4.90 Å². The second-order valence-corrected chi connectivity index (χ2v) is 8.44.